The second-order valence-corrected chi connectivity index (χ2v) is 8.94. The first-order valence-electron chi connectivity index (χ1n) is 5.21. The third-order valence-corrected chi connectivity index (χ3v) is 6.84. The minimum absolute atomic E-state index is 0.596. The fourth-order valence-corrected chi connectivity index (χ4v) is 4.57. The minimum atomic E-state index is -5.18. The zero-order chi connectivity index (χ0) is 15.8. The summed E-state index contributed by atoms with van der Waals surface area (Å²) in [6.07, 6.45) is -2.93. The third-order valence-electron chi connectivity index (χ3n) is 2.49. The van der Waals surface area contributed by atoms with Crippen LogP contribution in [0.5, 0.6) is 0 Å². The predicted molar refractivity (Wildman–Crippen MR) is 61.0 cm³/mol. The maximum Gasteiger partial charge on any atom is 0.422 e. The monoisotopic (exact) mass is 333 g/mol. The van der Waals surface area contributed by atoms with Crippen LogP contribution in [0.25, 0.3) is 0 Å². The zero-order valence-corrected chi connectivity index (χ0v) is 12.0. The molecular formula is C9H12F3NO5P2. The summed E-state index contributed by atoms with van der Waals surface area (Å²) in [5, 5.41) is -2.07. The van der Waals surface area contributed by atoms with Gasteiger partial charge in [0.25, 0.3) is 0 Å². The van der Waals surface area contributed by atoms with Crippen molar-refractivity contribution in [2.45, 2.75) is 18.1 Å². The molecule has 11 heteroatoms. The molecule has 2 N–H and O–H groups in total. The number of aromatic nitrogens is 1. The molecule has 0 radical (unpaired) electrons. The van der Waals surface area contributed by atoms with Crippen molar-refractivity contribution in [2.24, 2.45) is 0 Å². The second kappa shape index (κ2) is 5.58. The lowest BCUT2D eigenvalue weighted by Crippen LogP contribution is -2.41. The number of pyridine rings is 1. The van der Waals surface area contributed by atoms with Crippen molar-refractivity contribution >= 4 is 15.0 Å². The van der Waals surface area contributed by atoms with Gasteiger partial charge in [-0.15, -0.1) is 0 Å². The molecule has 1 aromatic rings. The molecule has 0 saturated carbocycles. The first-order chi connectivity index (χ1) is 8.82. The summed E-state index contributed by atoms with van der Waals surface area (Å²) in [5.74, 6) is 0. The molecule has 114 valence electrons. The molecule has 6 nitrogen and oxygen atoms in total. The Labute approximate surface area is 112 Å². The van der Waals surface area contributed by atoms with Gasteiger partial charge in [0.15, 0.2) is 31.9 Å². The summed E-state index contributed by atoms with van der Waals surface area (Å²) < 4.78 is 60.8. The molecule has 0 bridgehead atoms. The number of hydrogen-bond donors (Lipinski definition) is 2. The molecule has 3 atom stereocenters. The number of nitrogens with zero attached hydrogens (tertiary/aromatic N) is 1. The van der Waals surface area contributed by atoms with Crippen LogP contribution in [0.4, 0.5) is 13.2 Å². The average molecular weight is 333 g/mol. The van der Waals surface area contributed by atoms with Gasteiger partial charge in [-0.05, 0) is 6.07 Å². The molecule has 0 amide bonds. The van der Waals surface area contributed by atoms with Crippen LogP contribution in [0.1, 0.15) is 5.56 Å². The SMILES string of the molecule is CP(=O)(O)C(C[n+]1cccc(C(F)(F)F)c1)P(=O)([O-])O. The molecule has 0 aliphatic rings. The molecule has 0 spiro atoms. The predicted octanol–water partition coefficient (Wildman–Crippen LogP) is 0.765. The quantitative estimate of drug-likeness (QED) is 0.626. The summed E-state index contributed by atoms with van der Waals surface area (Å²) in [6.45, 7) is -0.0436. The van der Waals surface area contributed by atoms with E-state index in [1.54, 1.807) is 0 Å². The third kappa shape index (κ3) is 4.68. The minimum Gasteiger partial charge on any atom is -0.778 e. The highest BCUT2D eigenvalue weighted by atomic mass is 31.2. The van der Waals surface area contributed by atoms with Crippen molar-refractivity contribution in [3.8, 4) is 0 Å². The van der Waals surface area contributed by atoms with E-state index in [-0.39, 0.29) is 0 Å². The van der Waals surface area contributed by atoms with Crippen LogP contribution in [-0.2, 0) is 21.9 Å². The molecular weight excluding hydrogens is 321 g/mol. The second-order valence-electron chi connectivity index (χ2n) is 4.28. The largest absolute Gasteiger partial charge is 0.778 e. The lowest BCUT2D eigenvalue weighted by molar-refractivity contribution is -0.695. The average Bonchev–Trinajstić information content (AvgIpc) is 2.22. The van der Waals surface area contributed by atoms with Crippen LogP contribution in [-0.4, -0.2) is 21.9 Å². The summed E-state index contributed by atoms with van der Waals surface area (Å²) in [4.78, 5) is 29.3. The van der Waals surface area contributed by atoms with Crippen molar-refractivity contribution in [1.29, 1.82) is 0 Å². The van der Waals surface area contributed by atoms with Gasteiger partial charge >= 0.3 is 6.18 Å². The van der Waals surface area contributed by atoms with Crippen LogP contribution >= 0.6 is 15.0 Å². The van der Waals surface area contributed by atoms with Gasteiger partial charge in [0.2, 0.25) is 7.37 Å². The normalized spacial score (nSPS) is 19.9. The van der Waals surface area contributed by atoms with E-state index in [1.807, 2.05) is 0 Å². The molecule has 0 fully saturated rings. The highest BCUT2D eigenvalue weighted by Crippen LogP contribution is 2.57. The zero-order valence-electron chi connectivity index (χ0n) is 10.2. The van der Waals surface area contributed by atoms with E-state index >= 15 is 0 Å². The molecule has 0 aliphatic heterocycles. The van der Waals surface area contributed by atoms with E-state index in [9.17, 15) is 32.1 Å². The van der Waals surface area contributed by atoms with Crippen molar-refractivity contribution in [3.63, 3.8) is 0 Å². The van der Waals surface area contributed by atoms with E-state index in [1.165, 1.54) is 0 Å². The van der Waals surface area contributed by atoms with Gasteiger partial charge in [0.05, 0.1) is 0 Å². The van der Waals surface area contributed by atoms with E-state index in [0.29, 0.717) is 12.9 Å². The number of rotatable bonds is 4. The van der Waals surface area contributed by atoms with Crippen molar-refractivity contribution in [3.05, 3.63) is 30.1 Å². The lowest BCUT2D eigenvalue weighted by Gasteiger charge is -2.26. The van der Waals surface area contributed by atoms with Crippen LogP contribution in [0, 0.1) is 0 Å². The van der Waals surface area contributed by atoms with Gasteiger partial charge < -0.3 is 19.2 Å². The van der Waals surface area contributed by atoms with Crippen LogP contribution in [0.15, 0.2) is 24.5 Å². The highest BCUT2D eigenvalue weighted by Gasteiger charge is 2.39. The van der Waals surface area contributed by atoms with Gasteiger partial charge in [-0.3, -0.25) is 4.57 Å². The van der Waals surface area contributed by atoms with Gasteiger partial charge in [-0.25, -0.2) is 4.57 Å². The van der Waals surface area contributed by atoms with E-state index in [0.717, 1.165) is 22.9 Å². The highest BCUT2D eigenvalue weighted by molar-refractivity contribution is 7.72. The lowest BCUT2D eigenvalue weighted by atomic mass is 10.3. The molecule has 1 aromatic heterocycles. The maximum atomic E-state index is 12.5. The summed E-state index contributed by atoms with van der Waals surface area (Å²) >= 11 is 0. The summed E-state index contributed by atoms with van der Waals surface area (Å²) in [5.41, 5.74) is -1.04. The van der Waals surface area contributed by atoms with Gasteiger partial charge in [0, 0.05) is 12.7 Å². The Kier molecular flexibility index (Phi) is 4.83. The molecule has 1 heterocycles. The first kappa shape index (κ1) is 17.3. The Bertz CT molecular complexity index is 557. The summed E-state index contributed by atoms with van der Waals surface area (Å²) in [7, 11) is -9.43. The van der Waals surface area contributed by atoms with Crippen LogP contribution in [0.3, 0.4) is 0 Å². The Morgan fingerprint density at radius 1 is 1.40 bits per heavy atom. The van der Waals surface area contributed by atoms with E-state index < -0.39 is 38.6 Å². The number of alkyl halides is 3. The van der Waals surface area contributed by atoms with Crippen LogP contribution in [0.2, 0.25) is 0 Å². The maximum absolute atomic E-state index is 12.5. The molecule has 20 heavy (non-hydrogen) atoms. The molecule has 0 aromatic carbocycles. The van der Waals surface area contributed by atoms with Crippen LogP contribution < -0.4 is 9.46 Å². The Morgan fingerprint density at radius 3 is 2.35 bits per heavy atom. The van der Waals surface area contributed by atoms with Gasteiger partial charge in [-0.2, -0.15) is 13.2 Å². The van der Waals surface area contributed by atoms with Gasteiger partial charge in [-0.1, -0.05) is 0 Å². The van der Waals surface area contributed by atoms with Crippen molar-refractivity contribution < 1.29 is 41.5 Å². The molecule has 1 rings (SSSR count). The Hall–Kier alpha value is -0.720. The topological polar surface area (TPSA) is 102 Å². The fraction of sp³-hybridized carbons (Fsp3) is 0.444. The van der Waals surface area contributed by atoms with E-state index in [4.69, 9.17) is 4.89 Å². The molecule has 0 aliphatic carbocycles. The first-order valence-corrected chi connectivity index (χ1v) is 9.04. The van der Waals surface area contributed by atoms with Crippen molar-refractivity contribution in [1.82, 2.24) is 0 Å². The van der Waals surface area contributed by atoms with Gasteiger partial charge in [0.1, 0.15) is 5.56 Å². The fourth-order valence-electron chi connectivity index (χ4n) is 1.52. The van der Waals surface area contributed by atoms with E-state index in [2.05, 4.69) is 0 Å². The summed E-state index contributed by atoms with van der Waals surface area (Å²) in [6, 6.07) is 1.79. The molecule has 3 unspecified atom stereocenters. The van der Waals surface area contributed by atoms with Crippen molar-refractivity contribution in [2.75, 3.05) is 6.66 Å². The standard InChI is InChI=1S/C9H12F3NO5P2/c1-19(14,15)8(20(16,17)18)6-13-4-2-3-7(5-13)9(10,11)12/h2-5,8H,6H2,1H3,(H2-,14,15,16,17,18). The molecule has 0 saturated heterocycles. The number of halogens is 3. The Balaban J connectivity index is 3.14. The Morgan fingerprint density at radius 2 is 1.95 bits per heavy atom. The smallest absolute Gasteiger partial charge is 0.422 e. The number of hydrogen-bond acceptors (Lipinski definition) is 3.